The fraction of sp³-hybridized carbons (Fsp3) is 0.400. The van der Waals surface area contributed by atoms with Crippen LogP contribution < -0.4 is 0 Å². The Morgan fingerprint density at radius 2 is 2.00 bits per heavy atom. The Labute approximate surface area is 77.0 Å². The molecule has 0 bridgehead atoms. The molecule has 0 fully saturated rings. The number of rotatable bonds is 4. The molecule has 1 aromatic rings. The van der Waals surface area contributed by atoms with Crippen molar-refractivity contribution in [2.75, 3.05) is 13.7 Å². The number of hydrogen-bond donors (Lipinski definition) is 1. The number of hydrogen-bond acceptors (Lipinski definition) is 2. The van der Waals surface area contributed by atoms with Gasteiger partial charge in [0.25, 0.3) is 0 Å². The number of ether oxygens (including phenoxy) is 1. The maximum absolute atomic E-state index is 12.1. The van der Waals surface area contributed by atoms with E-state index in [1.807, 2.05) is 0 Å². The Balaban J connectivity index is 2.78. The summed E-state index contributed by atoms with van der Waals surface area (Å²) in [4.78, 5) is 0. The van der Waals surface area contributed by atoms with E-state index >= 15 is 0 Å². The van der Waals surface area contributed by atoms with Crippen molar-refractivity contribution in [3.63, 3.8) is 0 Å². The van der Waals surface area contributed by atoms with Crippen molar-refractivity contribution in [3.8, 4) is 0 Å². The normalized spacial score (nSPS) is 12.8. The van der Waals surface area contributed by atoms with Crippen LogP contribution in [-0.2, 0) is 11.4 Å². The largest absolute Gasteiger partial charge is 0.393 e. The highest BCUT2D eigenvalue weighted by molar-refractivity contribution is 5.23. The highest BCUT2D eigenvalue weighted by Crippen LogP contribution is 2.16. The zero-order valence-electron chi connectivity index (χ0n) is 7.53. The predicted octanol–water partition coefficient (Wildman–Crippen LogP) is 1.84. The predicted molar refractivity (Wildman–Crippen MR) is 48.1 cm³/mol. The van der Waals surface area contributed by atoms with E-state index in [-0.39, 0.29) is 12.7 Å². The second-order valence-corrected chi connectivity index (χ2v) is 2.78. The molecule has 0 saturated heterocycles. The summed E-state index contributed by atoms with van der Waals surface area (Å²) in [5, 5.41) is 8.91. The van der Waals surface area contributed by atoms with Crippen molar-refractivity contribution in [2.45, 2.75) is 12.8 Å². The van der Waals surface area contributed by atoms with Gasteiger partial charge in [-0.25, -0.2) is 4.39 Å². The van der Waals surface area contributed by atoms with Crippen LogP contribution >= 0.6 is 0 Å². The van der Waals surface area contributed by atoms with Gasteiger partial charge in [-0.3, -0.25) is 0 Å². The molecule has 0 saturated carbocycles. The van der Waals surface area contributed by atoms with E-state index in [1.54, 1.807) is 24.3 Å². The summed E-state index contributed by atoms with van der Waals surface area (Å²) in [7, 11) is 1.53. The maximum Gasteiger partial charge on any atom is 0.115 e. The van der Waals surface area contributed by atoms with Crippen molar-refractivity contribution in [3.05, 3.63) is 35.4 Å². The van der Waals surface area contributed by atoms with Gasteiger partial charge in [-0.15, -0.1) is 0 Å². The third kappa shape index (κ3) is 2.50. The van der Waals surface area contributed by atoms with Gasteiger partial charge in [0, 0.05) is 7.11 Å². The zero-order chi connectivity index (χ0) is 9.68. The minimum Gasteiger partial charge on any atom is -0.393 e. The number of halogens is 1. The van der Waals surface area contributed by atoms with Crippen LogP contribution in [0.1, 0.15) is 17.2 Å². The standard InChI is InChI=1S/C10H13FO2/c1-13-10(7-12)9-4-2-8(6-11)3-5-9/h2-5,10,12H,6-7H2,1H3. The fourth-order valence-corrected chi connectivity index (χ4v) is 1.14. The number of aliphatic hydroxyl groups is 1. The number of methoxy groups -OCH3 is 1. The van der Waals surface area contributed by atoms with Crippen molar-refractivity contribution in [1.29, 1.82) is 0 Å². The first kappa shape index (κ1) is 10.2. The van der Waals surface area contributed by atoms with Gasteiger partial charge in [-0.2, -0.15) is 0 Å². The molecule has 0 amide bonds. The third-order valence-corrected chi connectivity index (χ3v) is 1.96. The van der Waals surface area contributed by atoms with Crippen LogP contribution in [0.15, 0.2) is 24.3 Å². The first-order valence-electron chi connectivity index (χ1n) is 4.10. The molecule has 3 heteroatoms. The molecule has 0 heterocycles. The van der Waals surface area contributed by atoms with Crippen molar-refractivity contribution in [2.24, 2.45) is 0 Å². The smallest absolute Gasteiger partial charge is 0.115 e. The first-order valence-corrected chi connectivity index (χ1v) is 4.10. The van der Waals surface area contributed by atoms with Crippen LogP contribution in [0.5, 0.6) is 0 Å². The van der Waals surface area contributed by atoms with Crippen LogP contribution in [0, 0.1) is 0 Å². The van der Waals surface area contributed by atoms with Gasteiger partial charge in [-0.1, -0.05) is 24.3 Å². The van der Waals surface area contributed by atoms with Gasteiger partial charge < -0.3 is 9.84 Å². The molecule has 0 aliphatic rings. The Bertz CT molecular complexity index is 242. The lowest BCUT2D eigenvalue weighted by Crippen LogP contribution is -2.05. The molecular weight excluding hydrogens is 171 g/mol. The summed E-state index contributed by atoms with van der Waals surface area (Å²) in [6, 6.07) is 6.91. The molecule has 1 unspecified atom stereocenters. The molecule has 0 spiro atoms. The van der Waals surface area contributed by atoms with Crippen LogP contribution in [0.2, 0.25) is 0 Å². The summed E-state index contributed by atoms with van der Waals surface area (Å²) in [6.45, 7) is -0.525. The Morgan fingerprint density at radius 1 is 1.38 bits per heavy atom. The summed E-state index contributed by atoms with van der Waals surface area (Å²) in [5.74, 6) is 0. The van der Waals surface area contributed by atoms with Gasteiger partial charge in [0.05, 0.1) is 6.61 Å². The molecule has 72 valence electrons. The lowest BCUT2D eigenvalue weighted by Gasteiger charge is -2.12. The molecule has 1 rings (SSSR count). The van der Waals surface area contributed by atoms with Crippen LogP contribution in [0.3, 0.4) is 0 Å². The molecule has 0 aliphatic carbocycles. The number of aliphatic hydroxyl groups excluding tert-OH is 1. The van der Waals surface area contributed by atoms with E-state index in [1.165, 1.54) is 7.11 Å². The molecule has 0 aromatic heterocycles. The van der Waals surface area contributed by atoms with E-state index in [0.29, 0.717) is 5.56 Å². The summed E-state index contributed by atoms with van der Waals surface area (Å²) in [5.41, 5.74) is 1.50. The summed E-state index contributed by atoms with van der Waals surface area (Å²) < 4.78 is 17.2. The topological polar surface area (TPSA) is 29.5 Å². The Hall–Kier alpha value is -0.930. The lowest BCUT2D eigenvalue weighted by atomic mass is 10.1. The van der Waals surface area contributed by atoms with Crippen molar-refractivity contribution in [1.82, 2.24) is 0 Å². The average molecular weight is 184 g/mol. The average Bonchev–Trinajstić information content (AvgIpc) is 2.21. The van der Waals surface area contributed by atoms with Gasteiger partial charge in [0.2, 0.25) is 0 Å². The molecule has 1 atom stereocenters. The van der Waals surface area contributed by atoms with Crippen molar-refractivity contribution < 1.29 is 14.2 Å². The maximum atomic E-state index is 12.1. The molecule has 0 radical (unpaired) electrons. The second-order valence-electron chi connectivity index (χ2n) is 2.78. The van der Waals surface area contributed by atoms with E-state index in [2.05, 4.69) is 0 Å². The molecule has 1 N–H and O–H groups in total. The molecule has 1 aromatic carbocycles. The quantitative estimate of drug-likeness (QED) is 0.773. The van der Waals surface area contributed by atoms with Crippen LogP contribution in [-0.4, -0.2) is 18.8 Å². The second kappa shape index (κ2) is 4.94. The fourth-order valence-electron chi connectivity index (χ4n) is 1.14. The van der Waals surface area contributed by atoms with Gasteiger partial charge in [0.15, 0.2) is 0 Å². The minimum atomic E-state index is -0.461. The van der Waals surface area contributed by atoms with Gasteiger partial charge >= 0.3 is 0 Å². The first-order chi connectivity index (χ1) is 6.31. The SMILES string of the molecule is COC(CO)c1ccc(CF)cc1. The minimum absolute atomic E-state index is 0.0640. The Morgan fingerprint density at radius 3 is 2.38 bits per heavy atom. The van der Waals surface area contributed by atoms with E-state index < -0.39 is 6.67 Å². The van der Waals surface area contributed by atoms with Crippen LogP contribution in [0.4, 0.5) is 4.39 Å². The van der Waals surface area contributed by atoms with Gasteiger partial charge in [0.1, 0.15) is 12.8 Å². The van der Waals surface area contributed by atoms with E-state index in [0.717, 1.165) is 5.56 Å². The molecule has 2 nitrogen and oxygen atoms in total. The van der Waals surface area contributed by atoms with E-state index in [9.17, 15) is 4.39 Å². The summed E-state index contributed by atoms with van der Waals surface area (Å²) >= 11 is 0. The van der Waals surface area contributed by atoms with Gasteiger partial charge in [-0.05, 0) is 11.1 Å². The number of benzene rings is 1. The highest BCUT2D eigenvalue weighted by atomic mass is 19.1. The number of alkyl halides is 1. The monoisotopic (exact) mass is 184 g/mol. The molecule has 0 aliphatic heterocycles. The highest BCUT2D eigenvalue weighted by Gasteiger charge is 2.07. The third-order valence-electron chi connectivity index (χ3n) is 1.96. The lowest BCUT2D eigenvalue weighted by molar-refractivity contribution is 0.0484. The van der Waals surface area contributed by atoms with E-state index in [4.69, 9.17) is 9.84 Å². The molecule has 13 heavy (non-hydrogen) atoms. The van der Waals surface area contributed by atoms with Crippen LogP contribution in [0.25, 0.3) is 0 Å². The Kier molecular flexibility index (Phi) is 3.86. The zero-order valence-corrected chi connectivity index (χ0v) is 7.53. The summed E-state index contributed by atoms with van der Waals surface area (Å²) in [6.07, 6.45) is -0.311. The molecular formula is C10H13FO2. The van der Waals surface area contributed by atoms with Crippen molar-refractivity contribution >= 4 is 0 Å².